The average molecular weight is 356 g/mol. The van der Waals surface area contributed by atoms with Crippen LogP contribution in [0, 0.1) is 3.70 Å². The summed E-state index contributed by atoms with van der Waals surface area (Å²) in [6.45, 7) is 0.364. The molecule has 0 radical (unpaired) electrons. The third-order valence-corrected chi connectivity index (χ3v) is 5.60. The number of halogens is 1. The van der Waals surface area contributed by atoms with Gasteiger partial charge in [-0.05, 0) is 35.4 Å². The molecule has 0 bridgehead atoms. The third kappa shape index (κ3) is 2.38. The van der Waals surface area contributed by atoms with E-state index in [0.717, 1.165) is 9.39 Å². The number of hydrogen-bond donors (Lipinski definition) is 1. The lowest BCUT2D eigenvalue weighted by Crippen LogP contribution is -2.26. The van der Waals surface area contributed by atoms with Gasteiger partial charge in [-0.3, -0.25) is 0 Å². The van der Waals surface area contributed by atoms with Crippen LogP contribution in [0.25, 0.3) is 0 Å². The predicted octanol–water partition coefficient (Wildman–Crippen LogP) is 0.0911. The Hall–Kier alpha value is -0.220. The maximum Gasteiger partial charge on any atom is 0.150 e. The first-order valence-electron chi connectivity index (χ1n) is 5.03. The Kier molecular flexibility index (Phi) is 3.50. The van der Waals surface area contributed by atoms with Crippen molar-refractivity contribution in [2.45, 2.75) is 25.4 Å². The van der Waals surface area contributed by atoms with E-state index in [4.69, 9.17) is 5.73 Å². The molecule has 6 nitrogen and oxygen atoms in total. The molecule has 1 fully saturated rings. The third-order valence-electron chi connectivity index (χ3n) is 2.76. The Morgan fingerprint density at radius 3 is 2.56 bits per heavy atom. The molecular formula is C8H13IN4O2S. The summed E-state index contributed by atoms with van der Waals surface area (Å²) in [5.74, 6) is 0.483. The van der Waals surface area contributed by atoms with Crippen LogP contribution in [0.15, 0.2) is 0 Å². The number of nitrogens with two attached hydrogens (primary N) is 1. The fraction of sp³-hybridized carbons (Fsp3) is 0.750. The molecule has 1 aliphatic heterocycles. The minimum absolute atomic E-state index is 0.142. The number of nitrogens with zero attached hydrogens (tertiary/aromatic N) is 3. The summed E-state index contributed by atoms with van der Waals surface area (Å²) in [7, 11) is -2.82. The Balaban J connectivity index is 2.17. The molecular weight excluding hydrogens is 343 g/mol. The highest BCUT2D eigenvalue weighted by Gasteiger charge is 2.27. The van der Waals surface area contributed by atoms with Gasteiger partial charge in [0.05, 0.1) is 17.5 Å². The summed E-state index contributed by atoms with van der Waals surface area (Å²) in [5, 5.41) is 8.02. The van der Waals surface area contributed by atoms with Crippen LogP contribution in [0.5, 0.6) is 0 Å². The van der Waals surface area contributed by atoms with Crippen molar-refractivity contribution < 1.29 is 8.42 Å². The van der Waals surface area contributed by atoms with Crippen LogP contribution in [-0.2, 0) is 16.4 Å². The van der Waals surface area contributed by atoms with E-state index < -0.39 is 9.84 Å². The summed E-state index contributed by atoms with van der Waals surface area (Å²) in [5.41, 5.74) is 6.29. The molecule has 0 spiro atoms. The zero-order chi connectivity index (χ0) is 11.8. The monoisotopic (exact) mass is 356 g/mol. The highest BCUT2D eigenvalue weighted by atomic mass is 127. The quantitative estimate of drug-likeness (QED) is 0.759. The second-order valence-electron chi connectivity index (χ2n) is 3.86. The fourth-order valence-corrected chi connectivity index (χ4v) is 4.08. The van der Waals surface area contributed by atoms with Crippen LogP contribution in [-0.4, -0.2) is 34.9 Å². The highest BCUT2D eigenvalue weighted by Crippen LogP contribution is 2.25. The highest BCUT2D eigenvalue weighted by molar-refractivity contribution is 14.1. The number of rotatable bonds is 2. The molecule has 1 aromatic rings. The van der Waals surface area contributed by atoms with Gasteiger partial charge in [-0.2, -0.15) is 0 Å². The Labute approximate surface area is 108 Å². The van der Waals surface area contributed by atoms with E-state index in [2.05, 4.69) is 32.9 Å². The molecule has 0 atom stereocenters. The summed E-state index contributed by atoms with van der Waals surface area (Å²) in [6.07, 6.45) is 1.23. The molecule has 1 aromatic heterocycles. The van der Waals surface area contributed by atoms with Crippen molar-refractivity contribution in [1.82, 2.24) is 15.0 Å². The topological polar surface area (TPSA) is 90.9 Å². The van der Waals surface area contributed by atoms with E-state index in [1.807, 2.05) is 0 Å². The van der Waals surface area contributed by atoms with Gasteiger partial charge in [0, 0.05) is 6.54 Å². The second-order valence-corrected chi connectivity index (χ2v) is 7.18. The number of aromatic nitrogens is 3. The molecule has 0 amide bonds. The summed E-state index contributed by atoms with van der Waals surface area (Å²) < 4.78 is 25.3. The van der Waals surface area contributed by atoms with Gasteiger partial charge in [0.15, 0.2) is 0 Å². The standard InChI is InChI=1S/C8H13IN4O2S/c9-8-7(5-10)11-12-13(8)6-1-3-16(14,15)4-2-6/h6H,1-5,10H2. The summed E-state index contributed by atoms with van der Waals surface area (Å²) in [4.78, 5) is 0. The van der Waals surface area contributed by atoms with Crippen molar-refractivity contribution in [2.24, 2.45) is 5.73 Å². The smallest absolute Gasteiger partial charge is 0.150 e. The van der Waals surface area contributed by atoms with Gasteiger partial charge in [0.2, 0.25) is 0 Å². The van der Waals surface area contributed by atoms with Crippen molar-refractivity contribution in [2.75, 3.05) is 11.5 Å². The normalized spacial score (nSPS) is 21.1. The lowest BCUT2D eigenvalue weighted by Gasteiger charge is -2.22. The van der Waals surface area contributed by atoms with E-state index in [1.165, 1.54) is 0 Å². The van der Waals surface area contributed by atoms with Gasteiger partial charge >= 0.3 is 0 Å². The van der Waals surface area contributed by atoms with Gasteiger partial charge in [-0.15, -0.1) is 5.10 Å². The zero-order valence-corrected chi connectivity index (χ0v) is 11.6. The predicted molar refractivity (Wildman–Crippen MR) is 67.6 cm³/mol. The van der Waals surface area contributed by atoms with E-state index >= 15 is 0 Å². The molecule has 8 heteroatoms. The first-order valence-corrected chi connectivity index (χ1v) is 7.93. The SMILES string of the molecule is NCc1nnn(C2CCS(=O)(=O)CC2)c1I. The molecule has 2 N–H and O–H groups in total. The maximum atomic E-state index is 11.3. The fourth-order valence-electron chi connectivity index (χ4n) is 1.80. The zero-order valence-electron chi connectivity index (χ0n) is 8.63. The first kappa shape index (κ1) is 12.2. The van der Waals surface area contributed by atoms with Crippen LogP contribution in [0.1, 0.15) is 24.6 Å². The van der Waals surface area contributed by atoms with Crippen LogP contribution in [0.3, 0.4) is 0 Å². The van der Waals surface area contributed by atoms with E-state index in [0.29, 0.717) is 19.4 Å². The van der Waals surface area contributed by atoms with Crippen molar-refractivity contribution in [3.8, 4) is 0 Å². The van der Waals surface area contributed by atoms with Crippen LogP contribution >= 0.6 is 22.6 Å². The average Bonchev–Trinajstić information content (AvgIpc) is 2.60. The maximum absolute atomic E-state index is 11.3. The molecule has 1 saturated heterocycles. The Morgan fingerprint density at radius 1 is 1.44 bits per heavy atom. The van der Waals surface area contributed by atoms with Gasteiger partial charge in [-0.25, -0.2) is 13.1 Å². The van der Waals surface area contributed by atoms with Gasteiger partial charge in [-0.1, -0.05) is 5.21 Å². The van der Waals surface area contributed by atoms with Gasteiger partial charge < -0.3 is 5.73 Å². The molecule has 90 valence electrons. The molecule has 0 aliphatic carbocycles. The van der Waals surface area contributed by atoms with Gasteiger partial charge in [0.25, 0.3) is 0 Å². The van der Waals surface area contributed by atoms with E-state index in [9.17, 15) is 8.42 Å². The molecule has 1 aliphatic rings. The molecule has 2 rings (SSSR count). The number of sulfone groups is 1. The van der Waals surface area contributed by atoms with Gasteiger partial charge in [0.1, 0.15) is 19.2 Å². The van der Waals surface area contributed by atoms with E-state index in [-0.39, 0.29) is 17.5 Å². The number of hydrogen-bond acceptors (Lipinski definition) is 5. The van der Waals surface area contributed by atoms with Crippen molar-refractivity contribution in [3.05, 3.63) is 9.39 Å². The Morgan fingerprint density at radius 2 is 2.06 bits per heavy atom. The second kappa shape index (κ2) is 4.57. The van der Waals surface area contributed by atoms with Crippen LogP contribution in [0.2, 0.25) is 0 Å². The molecule has 0 aromatic carbocycles. The summed E-state index contributed by atoms with van der Waals surface area (Å²) in [6, 6.07) is 0.142. The largest absolute Gasteiger partial charge is 0.325 e. The lowest BCUT2D eigenvalue weighted by molar-refractivity contribution is 0.397. The van der Waals surface area contributed by atoms with E-state index in [1.54, 1.807) is 4.68 Å². The molecule has 16 heavy (non-hydrogen) atoms. The molecule has 0 saturated carbocycles. The van der Waals surface area contributed by atoms with Crippen molar-refractivity contribution in [1.29, 1.82) is 0 Å². The minimum Gasteiger partial charge on any atom is -0.325 e. The first-order chi connectivity index (χ1) is 7.53. The lowest BCUT2D eigenvalue weighted by atomic mass is 10.2. The van der Waals surface area contributed by atoms with Crippen LogP contribution in [0.4, 0.5) is 0 Å². The van der Waals surface area contributed by atoms with Crippen LogP contribution < -0.4 is 5.73 Å². The minimum atomic E-state index is -2.82. The molecule has 0 unspecified atom stereocenters. The van der Waals surface area contributed by atoms with Crippen molar-refractivity contribution >= 4 is 32.4 Å². The molecule has 2 heterocycles. The Bertz CT molecular complexity index is 470. The van der Waals surface area contributed by atoms with Crippen molar-refractivity contribution in [3.63, 3.8) is 0 Å². The summed E-state index contributed by atoms with van der Waals surface area (Å²) >= 11 is 2.16.